The summed E-state index contributed by atoms with van der Waals surface area (Å²) < 4.78 is 0. The molecule has 2 rings (SSSR count). The van der Waals surface area contributed by atoms with Crippen LogP contribution in [0.2, 0.25) is 0 Å². The number of aliphatic hydroxyl groups is 1. The van der Waals surface area contributed by atoms with Crippen molar-refractivity contribution in [1.82, 2.24) is 9.99 Å². The van der Waals surface area contributed by atoms with Gasteiger partial charge in [0.05, 0.1) is 5.71 Å². The van der Waals surface area contributed by atoms with E-state index in [0.717, 1.165) is 17.7 Å². The number of aromatic nitrogens is 1. The summed E-state index contributed by atoms with van der Waals surface area (Å²) in [6.07, 6.45) is 6.10. The lowest BCUT2D eigenvalue weighted by Gasteiger charge is -2.23. The highest BCUT2D eigenvalue weighted by Gasteiger charge is 2.20. The topological polar surface area (TPSA) is 65.8 Å². The number of unbranched alkanes of at least 4 members (excludes halogenated alkanes) is 1. The lowest BCUT2D eigenvalue weighted by molar-refractivity contribution is -0.131. The summed E-state index contributed by atoms with van der Waals surface area (Å²) in [5, 5.41) is 14.7. The Hall–Kier alpha value is -1.75. The minimum atomic E-state index is 0.0609. The van der Waals surface area contributed by atoms with E-state index in [0.29, 0.717) is 25.8 Å². The maximum absolute atomic E-state index is 11.7. The zero-order chi connectivity index (χ0) is 12.8. The van der Waals surface area contributed by atoms with E-state index >= 15 is 0 Å². The molecule has 0 fully saturated rings. The van der Waals surface area contributed by atoms with Crippen molar-refractivity contribution in [2.75, 3.05) is 13.2 Å². The van der Waals surface area contributed by atoms with E-state index in [1.165, 1.54) is 5.01 Å². The van der Waals surface area contributed by atoms with Crippen molar-refractivity contribution < 1.29 is 9.90 Å². The molecule has 5 nitrogen and oxygen atoms in total. The largest absolute Gasteiger partial charge is 0.396 e. The van der Waals surface area contributed by atoms with Crippen LogP contribution in [0.15, 0.2) is 29.6 Å². The Labute approximate surface area is 106 Å². The maximum Gasteiger partial charge on any atom is 0.243 e. The second kappa shape index (κ2) is 6.26. The molecule has 5 heteroatoms. The van der Waals surface area contributed by atoms with Gasteiger partial charge in [-0.05, 0) is 25.0 Å². The van der Waals surface area contributed by atoms with Crippen LogP contribution in [-0.4, -0.2) is 39.9 Å². The van der Waals surface area contributed by atoms with E-state index in [4.69, 9.17) is 5.11 Å². The lowest BCUT2D eigenvalue weighted by atomic mass is 10.1. The minimum absolute atomic E-state index is 0.0609. The highest BCUT2D eigenvalue weighted by Crippen LogP contribution is 2.15. The third kappa shape index (κ3) is 3.13. The number of rotatable bonds is 5. The second-order valence-electron chi connectivity index (χ2n) is 4.23. The maximum atomic E-state index is 11.7. The summed E-state index contributed by atoms with van der Waals surface area (Å²) in [6, 6.07) is 3.81. The summed E-state index contributed by atoms with van der Waals surface area (Å²) in [5.41, 5.74) is 1.95. The Morgan fingerprint density at radius 2 is 2.00 bits per heavy atom. The molecule has 1 aromatic heterocycles. The normalized spacial score (nSPS) is 15.7. The molecule has 1 N–H and O–H groups in total. The molecule has 0 unspecified atom stereocenters. The van der Waals surface area contributed by atoms with Crippen molar-refractivity contribution in [2.45, 2.75) is 25.7 Å². The van der Waals surface area contributed by atoms with Gasteiger partial charge in [-0.15, -0.1) is 0 Å². The molecule has 96 valence electrons. The first kappa shape index (κ1) is 12.7. The first-order valence-electron chi connectivity index (χ1n) is 6.20. The van der Waals surface area contributed by atoms with Crippen LogP contribution >= 0.6 is 0 Å². The van der Waals surface area contributed by atoms with Crippen molar-refractivity contribution in [3.05, 3.63) is 30.1 Å². The van der Waals surface area contributed by atoms with E-state index in [9.17, 15) is 4.79 Å². The standard InChI is InChI=1S/C13H17N3O2/c17-10-2-1-9-16-13(18)4-3-12(15-16)11-5-7-14-8-6-11/h5-8,17H,1-4,9-10H2. The molecule has 0 atom stereocenters. The van der Waals surface area contributed by atoms with Crippen molar-refractivity contribution in [3.63, 3.8) is 0 Å². The average molecular weight is 247 g/mol. The third-order valence-electron chi connectivity index (χ3n) is 2.90. The van der Waals surface area contributed by atoms with Gasteiger partial charge < -0.3 is 5.11 Å². The Kier molecular flexibility index (Phi) is 4.41. The van der Waals surface area contributed by atoms with E-state index < -0.39 is 0 Å². The van der Waals surface area contributed by atoms with Gasteiger partial charge in [0, 0.05) is 44.0 Å². The van der Waals surface area contributed by atoms with Gasteiger partial charge in [0.25, 0.3) is 0 Å². The predicted molar refractivity (Wildman–Crippen MR) is 68.0 cm³/mol. The Bertz CT molecular complexity index is 431. The summed E-state index contributed by atoms with van der Waals surface area (Å²) in [6.45, 7) is 0.733. The Balaban J connectivity index is 2.07. The van der Waals surface area contributed by atoms with Crippen molar-refractivity contribution in [2.24, 2.45) is 5.10 Å². The van der Waals surface area contributed by atoms with Crippen molar-refractivity contribution in [3.8, 4) is 0 Å². The summed E-state index contributed by atoms with van der Waals surface area (Å²) >= 11 is 0. The van der Waals surface area contributed by atoms with Crippen LogP contribution in [0.4, 0.5) is 0 Å². The van der Waals surface area contributed by atoms with Gasteiger partial charge >= 0.3 is 0 Å². The number of hydrazone groups is 1. The number of hydrogen-bond donors (Lipinski definition) is 1. The number of amides is 1. The average Bonchev–Trinajstić information content (AvgIpc) is 2.42. The van der Waals surface area contributed by atoms with Crippen LogP contribution in [0, 0.1) is 0 Å². The van der Waals surface area contributed by atoms with E-state index in [1.54, 1.807) is 12.4 Å². The molecule has 0 radical (unpaired) electrons. The number of carbonyl (C=O) groups excluding carboxylic acids is 1. The number of hydrogen-bond acceptors (Lipinski definition) is 4. The first-order chi connectivity index (χ1) is 8.81. The van der Waals surface area contributed by atoms with E-state index in [-0.39, 0.29) is 12.5 Å². The molecular formula is C13H17N3O2. The minimum Gasteiger partial charge on any atom is -0.396 e. The number of pyridine rings is 1. The van der Waals surface area contributed by atoms with Crippen LogP contribution in [0.25, 0.3) is 0 Å². The van der Waals surface area contributed by atoms with Gasteiger partial charge in [-0.2, -0.15) is 5.10 Å². The molecule has 18 heavy (non-hydrogen) atoms. The lowest BCUT2D eigenvalue weighted by Crippen LogP contribution is -2.32. The number of aliphatic hydroxyl groups excluding tert-OH is 1. The fraction of sp³-hybridized carbons (Fsp3) is 0.462. The number of carbonyl (C=O) groups is 1. The monoisotopic (exact) mass is 247 g/mol. The molecule has 0 aliphatic carbocycles. The van der Waals surface area contributed by atoms with Crippen molar-refractivity contribution in [1.29, 1.82) is 0 Å². The molecule has 1 aliphatic rings. The SMILES string of the molecule is O=C1CCC(c2ccncc2)=NN1CCCCO. The number of nitrogens with zero attached hydrogens (tertiary/aromatic N) is 3. The molecular weight excluding hydrogens is 230 g/mol. The zero-order valence-corrected chi connectivity index (χ0v) is 10.2. The van der Waals surface area contributed by atoms with Crippen LogP contribution in [0.1, 0.15) is 31.2 Å². The van der Waals surface area contributed by atoms with Gasteiger partial charge in [-0.3, -0.25) is 9.78 Å². The highest BCUT2D eigenvalue weighted by molar-refractivity contribution is 6.04. The zero-order valence-electron chi connectivity index (χ0n) is 10.2. The predicted octanol–water partition coefficient (Wildman–Crippen LogP) is 1.18. The molecule has 0 spiro atoms. The van der Waals surface area contributed by atoms with Crippen LogP contribution in [0.3, 0.4) is 0 Å². The fourth-order valence-corrected chi connectivity index (χ4v) is 1.90. The molecule has 0 saturated heterocycles. The van der Waals surface area contributed by atoms with Gasteiger partial charge in [-0.25, -0.2) is 5.01 Å². The van der Waals surface area contributed by atoms with E-state index in [1.807, 2.05) is 12.1 Å². The van der Waals surface area contributed by atoms with Crippen molar-refractivity contribution >= 4 is 11.6 Å². The quantitative estimate of drug-likeness (QED) is 0.794. The molecule has 1 aliphatic heterocycles. The van der Waals surface area contributed by atoms with E-state index in [2.05, 4.69) is 10.1 Å². The van der Waals surface area contributed by atoms with Crippen LogP contribution < -0.4 is 0 Å². The van der Waals surface area contributed by atoms with Gasteiger partial charge in [-0.1, -0.05) is 0 Å². The molecule has 0 bridgehead atoms. The molecule has 1 aromatic rings. The van der Waals surface area contributed by atoms with Crippen LogP contribution in [-0.2, 0) is 4.79 Å². The van der Waals surface area contributed by atoms with Gasteiger partial charge in [0.15, 0.2) is 0 Å². The Morgan fingerprint density at radius 3 is 2.72 bits per heavy atom. The molecule has 0 aromatic carbocycles. The third-order valence-corrected chi connectivity index (χ3v) is 2.90. The summed E-state index contributed by atoms with van der Waals surface area (Å²) in [7, 11) is 0. The molecule has 1 amide bonds. The fourth-order valence-electron chi connectivity index (χ4n) is 1.90. The first-order valence-corrected chi connectivity index (χ1v) is 6.20. The summed E-state index contributed by atoms with van der Waals surface area (Å²) in [4.78, 5) is 15.7. The second-order valence-corrected chi connectivity index (χ2v) is 4.23. The van der Waals surface area contributed by atoms with Crippen LogP contribution in [0.5, 0.6) is 0 Å². The highest BCUT2D eigenvalue weighted by atomic mass is 16.3. The smallest absolute Gasteiger partial charge is 0.243 e. The van der Waals surface area contributed by atoms with Gasteiger partial charge in [0.1, 0.15) is 0 Å². The summed E-state index contributed by atoms with van der Waals surface area (Å²) in [5.74, 6) is 0.0609. The Morgan fingerprint density at radius 1 is 1.22 bits per heavy atom. The molecule has 0 saturated carbocycles. The molecule has 2 heterocycles. The van der Waals surface area contributed by atoms with Gasteiger partial charge in [0.2, 0.25) is 5.91 Å².